The summed E-state index contributed by atoms with van der Waals surface area (Å²) >= 11 is 0. The van der Waals surface area contributed by atoms with Gasteiger partial charge in [-0.2, -0.15) is 18.2 Å². The van der Waals surface area contributed by atoms with E-state index in [1.54, 1.807) is 0 Å². The van der Waals surface area contributed by atoms with Gasteiger partial charge in [0.25, 0.3) is 6.33 Å². The van der Waals surface area contributed by atoms with Crippen molar-refractivity contribution in [2.75, 3.05) is 0 Å². The molecule has 86 heavy (non-hydrogen) atoms. The Kier molecular flexibility index (Phi) is 11.2. The molecule has 0 unspecified atom stereocenters. The van der Waals surface area contributed by atoms with E-state index in [-0.39, 0.29) is 37.3 Å². The number of ether oxygens (including phenoxy) is 1. The monoisotopic (exact) mass is 1290 g/mol. The van der Waals surface area contributed by atoms with Crippen LogP contribution in [0.2, 0.25) is 0 Å². The molecule has 0 amide bonds. The Hall–Kier alpha value is -9.29. The van der Waals surface area contributed by atoms with Gasteiger partial charge in [-0.25, -0.2) is 4.98 Å². The van der Waals surface area contributed by atoms with Crippen molar-refractivity contribution in [1.82, 2.24) is 22.9 Å². The van der Waals surface area contributed by atoms with E-state index in [1.807, 2.05) is 24.4 Å². The Morgan fingerprint density at radius 2 is 0.942 bits per heavy atom. The van der Waals surface area contributed by atoms with Gasteiger partial charge in [-0.1, -0.05) is 171 Å². The van der Waals surface area contributed by atoms with Gasteiger partial charge in [0.1, 0.15) is 5.82 Å². The molecule has 420 valence electrons. The molecule has 0 bridgehead atoms. The van der Waals surface area contributed by atoms with Gasteiger partial charge >= 0.3 is 0 Å². The zero-order valence-electron chi connectivity index (χ0n) is 49.5. The van der Waals surface area contributed by atoms with E-state index in [1.165, 1.54) is 92.9 Å². The minimum absolute atomic E-state index is 0. The molecule has 7 heterocycles. The first-order valence-electron chi connectivity index (χ1n) is 29.6. The van der Waals surface area contributed by atoms with E-state index >= 15 is 0 Å². The summed E-state index contributed by atoms with van der Waals surface area (Å²) in [7, 11) is 0. The maximum absolute atomic E-state index is 6.81. The molecule has 7 aromatic heterocycles. The van der Waals surface area contributed by atoms with Crippen LogP contribution < -0.4 is 9.30 Å². The van der Waals surface area contributed by atoms with Crippen molar-refractivity contribution in [3.05, 3.63) is 235 Å². The van der Waals surface area contributed by atoms with E-state index in [0.717, 1.165) is 61.2 Å². The summed E-state index contributed by atoms with van der Waals surface area (Å²) in [6, 6.07) is 78.6. The Bertz CT molecular complexity index is 5620. The third-order valence-electron chi connectivity index (χ3n) is 18.2. The smallest absolute Gasteiger partial charge is 0.268 e. The fourth-order valence-corrected chi connectivity index (χ4v) is 13.8. The number of imidazole rings is 1. The molecular weight excluding hydrogens is 1230 g/mol. The van der Waals surface area contributed by atoms with Crippen molar-refractivity contribution in [2.24, 2.45) is 0 Å². The Morgan fingerprint density at radius 1 is 0.407 bits per heavy atom. The topological polar surface area (TPSA) is 44.7 Å². The fourth-order valence-electron chi connectivity index (χ4n) is 13.8. The second-order valence-corrected chi connectivity index (χ2v) is 26.5. The standard InChI is InChI=1S/C78H60N6O.Pt/c1-76(2,3)48-33-34-79-73(40-48)82-66-31-27-46(47-28-32-67-62(36-47)58-21-16-23-60-64-43-71-63(44-72(64)84(67)75(58)60)59-22-15-20-57-55-19-10-11-24-65(55)83(71)74(57)59)35-61(66)56-30-29-54(42-70(56)82)85-53-18-14-17-51(41-53)80-45-81(69-26-13-12-25-68(69)80)52-38-49(77(4,5)6)37-50(39-52)78(7,8)9;/h10-40,43-44H,1-9H3;/q-2;. The number of nitrogens with zero attached hydrogens (tertiary/aromatic N) is 6. The number of benzene rings is 10. The van der Waals surface area contributed by atoms with Crippen LogP contribution in [0.5, 0.6) is 11.5 Å². The summed E-state index contributed by atoms with van der Waals surface area (Å²) in [4.78, 5) is 5.04. The van der Waals surface area contributed by atoms with Gasteiger partial charge in [-0.05, 0) is 116 Å². The van der Waals surface area contributed by atoms with Crippen LogP contribution in [0, 0.1) is 18.5 Å². The molecule has 8 heteroatoms. The summed E-state index contributed by atoms with van der Waals surface area (Å²) in [5, 5.41) is 12.4. The maximum atomic E-state index is 6.81. The van der Waals surface area contributed by atoms with Crippen LogP contribution in [0.15, 0.2) is 200 Å². The van der Waals surface area contributed by atoms with E-state index in [2.05, 4.69) is 279 Å². The fraction of sp³-hybridized carbons (Fsp3) is 0.154. The van der Waals surface area contributed by atoms with Gasteiger partial charge < -0.3 is 22.7 Å². The van der Waals surface area contributed by atoms with Crippen molar-refractivity contribution in [3.63, 3.8) is 0 Å². The van der Waals surface area contributed by atoms with Crippen LogP contribution in [-0.2, 0) is 37.3 Å². The van der Waals surface area contributed by atoms with E-state index < -0.39 is 0 Å². The van der Waals surface area contributed by atoms with Gasteiger partial charge in [0.2, 0.25) is 0 Å². The molecule has 0 aliphatic rings. The molecule has 0 N–H and O–H groups in total. The molecular formula is C78H60N6OPt-2. The molecule has 0 aliphatic heterocycles. The van der Waals surface area contributed by atoms with Crippen LogP contribution in [0.4, 0.5) is 0 Å². The summed E-state index contributed by atoms with van der Waals surface area (Å²) in [6.07, 6.45) is 5.66. The Balaban J connectivity index is 0.00000600. The average molecular weight is 1290 g/mol. The molecule has 7 nitrogen and oxygen atoms in total. The Labute approximate surface area is 512 Å². The van der Waals surface area contributed by atoms with Crippen LogP contribution in [0.25, 0.3) is 137 Å². The predicted octanol–water partition coefficient (Wildman–Crippen LogP) is 19.4. The summed E-state index contributed by atoms with van der Waals surface area (Å²) < 4.78 is 18.3. The molecule has 0 aliphatic carbocycles. The third kappa shape index (κ3) is 7.69. The van der Waals surface area contributed by atoms with Crippen molar-refractivity contribution >= 4 is 109 Å². The molecule has 0 fully saturated rings. The van der Waals surface area contributed by atoms with Crippen LogP contribution in [0.3, 0.4) is 0 Å². The zero-order valence-corrected chi connectivity index (χ0v) is 51.7. The molecule has 0 radical (unpaired) electrons. The molecule has 0 saturated carbocycles. The van der Waals surface area contributed by atoms with Crippen molar-refractivity contribution in [3.8, 4) is 39.8 Å². The first kappa shape index (κ1) is 52.3. The van der Waals surface area contributed by atoms with E-state index in [0.29, 0.717) is 11.5 Å². The average Bonchev–Trinajstić information content (AvgIpc) is 1.54. The molecule has 0 saturated heterocycles. The molecule has 0 atom stereocenters. The van der Waals surface area contributed by atoms with Gasteiger partial charge in [0.15, 0.2) is 0 Å². The molecule has 17 aromatic rings. The van der Waals surface area contributed by atoms with Gasteiger partial charge in [0.05, 0.1) is 49.8 Å². The Morgan fingerprint density at radius 3 is 1.59 bits per heavy atom. The third-order valence-corrected chi connectivity index (χ3v) is 18.2. The van der Waals surface area contributed by atoms with Crippen molar-refractivity contribution < 1.29 is 30.4 Å². The number of hydrogen-bond donors (Lipinski definition) is 0. The first-order chi connectivity index (χ1) is 41.0. The predicted molar refractivity (Wildman–Crippen MR) is 351 cm³/mol. The van der Waals surface area contributed by atoms with Crippen molar-refractivity contribution in [1.29, 1.82) is 0 Å². The summed E-state index contributed by atoms with van der Waals surface area (Å²) in [5.74, 6) is 1.99. The van der Waals surface area contributed by atoms with Gasteiger partial charge in [0, 0.05) is 87.4 Å². The minimum Gasteiger partial charge on any atom is -0.510 e. The normalized spacial score (nSPS) is 12.8. The second-order valence-electron chi connectivity index (χ2n) is 26.5. The number of hydrogen-bond acceptors (Lipinski definition) is 2. The minimum atomic E-state index is -0.0856. The van der Waals surface area contributed by atoms with E-state index in [4.69, 9.17) is 9.72 Å². The van der Waals surface area contributed by atoms with E-state index in [9.17, 15) is 0 Å². The number of pyridine rings is 1. The molecule has 0 spiro atoms. The number of aromatic nitrogens is 6. The number of para-hydroxylation sites is 5. The van der Waals surface area contributed by atoms with Crippen molar-refractivity contribution in [2.45, 2.75) is 78.6 Å². The number of fused-ring (bicyclic) bond motifs is 16. The molecule has 17 rings (SSSR count). The number of rotatable bonds is 6. The van der Waals surface area contributed by atoms with Crippen LogP contribution >= 0.6 is 0 Å². The first-order valence-corrected chi connectivity index (χ1v) is 29.6. The maximum Gasteiger partial charge on any atom is 0.268 e. The molecule has 10 aromatic carbocycles. The van der Waals surface area contributed by atoms with Gasteiger partial charge in [-0.3, -0.25) is 4.57 Å². The second kappa shape index (κ2) is 18.4. The SMILES string of the molecule is CC(C)(C)c1cc(-[n+]2[c-]n(-c3[c-]c(Oc4[c-]c5c(cc4)c4cc(-c6ccc7c(c6)c6cccc8c9cc%10c(cc9n7c68)c6cccc7c8ccccc8n%10c76)ccc4n5-c4cc(C(C)(C)C)ccn4)ccc3)c3ccccc32)cc(C(C)(C)C)c1.[Pt]. The largest absolute Gasteiger partial charge is 0.510 e. The van der Waals surface area contributed by atoms with Crippen LogP contribution in [-0.4, -0.2) is 22.9 Å². The quantitative estimate of drug-likeness (QED) is 0.123. The summed E-state index contributed by atoms with van der Waals surface area (Å²) in [5.41, 5.74) is 19.3. The zero-order chi connectivity index (χ0) is 57.6. The van der Waals surface area contributed by atoms with Crippen LogP contribution in [0.1, 0.15) is 79.0 Å². The summed E-state index contributed by atoms with van der Waals surface area (Å²) in [6.45, 7) is 20.4. The van der Waals surface area contributed by atoms with Gasteiger partial charge in [-0.15, -0.1) is 29.7 Å².